The van der Waals surface area contributed by atoms with E-state index < -0.39 is 0 Å². The van der Waals surface area contributed by atoms with E-state index >= 15 is 0 Å². The number of para-hydroxylation sites is 2. The summed E-state index contributed by atoms with van der Waals surface area (Å²) in [6, 6.07) is 16.9. The average molecular weight is 403 g/mol. The third-order valence-corrected chi connectivity index (χ3v) is 4.43. The van der Waals surface area contributed by atoms with Crippen LogP contribution in [0.5, 0.6) is 11.5 Å². The monoisotopic (exact) mass is 403 g/mol. The maximum absolute atomic E-state index is 12.0. The van der Waals surface area contributed by atoms with Gasteiger partial charge in [0.1, 0.15) is 11.5 Å². The van der Waals surface area contributed by atoms with Gasteiger partial charge in [0.25, 0.3) is 5.91 Å². The number of hydrazone groups is 1. The Morgan fingerprint density at radius 3 is 2.43 bits per heavy atom. The molecule has 0 aliphatic rings. The predicted molar refractivity (Wildman–Crippen MR) is 117 cm³/mol. The summed E-state index contributed by atoms with van der Waals surface area (Å²) < 4.78 is 11.8. The van der Waals surface area contributed by atoms with E-state index in [1.807, 2.05) is 56.3 Å². The van der Waals surface area contributed by atoms with Crippen LogP contribution in [0.3, 0.4) is 0 Å². The second kappa shape index (κ2) is 10.8. The molecule has 0 unspecified atom stereocenters. The lowest BCUT2D eigenvalue weighted by molar-refractivity contribution is 0.0955. The van der Waals surface area contributed by atoms with Gasteiger partial charge in [-0.25, -0.2) is 5.43 Å². The smallest absolute Gasteiger partial charge is 0.271 e. The summed E-state index contributed by atoms with van der Waals surface area (Å²) in [5.41, 5.74) is 6.05. The lowest BCUT2D eigenvalue weighted by Gasteiger charge is -2.13. The highest BCUT2D eigenvalue weighted by atomic mass is 16.5. The van der Waals surface area contributed by atoms with E-state index in [9.17, 15) is 4.79 Å². The molecule has 154 valence electrons. The molecule has 1 amide bonds. The highest BCUT2D eigenvalue weighted by Gasteiger charge is 2.05. The SMILES string of the molecule is Cc1cccc(C)c1OCCCOc1ccccc1/C=N\NC(=O)c1ccncc1. The van der Waals surface area contributed by atoms with Gasteiger partial charge in [0.15, 0.2) is 0 Å². The zero-order valence-electron chi connectivity index (χ0n) is 17.2. The van der Waals surface area contributed by atoms with Crippen molar-refractivity contribution < 1.29 is 14.3 Å². The minimum atomic E-state index is -0.296. The molecule has 6 nitrogen and oxygen atoms in total. The van der Waals surface area contributed by atoms with Crippen molar-refractivity contribution in [3.05, 3.63) is 89.2 Å². The van der Waals surface area contributed by atoms with E-state index in [2.05, 4.69) is 15.5 Å². The molecule has 3 aromatic rings. The summed E-state index contributed by atoms with van der Waals surface area (Å²) in [4.78, 5) is 15.9. The molecule has 0 aliphatic carbocycles. The Bertz CT molecular complexity index is 983. The van der Waals surface area contributed by atoms with Gasteiger partial charge in [-0.05, 0) is 49.2 Å². The molecule has 0 spiro atoms. The largest absolute Gasteiger partial charge is 0.493 e. The molecule has 6 heteroatoms. The Morgan fingerprint density at radius 1 is 0.967 bits per heavy atom. The number of ether oxygens (including phenoxy) is 2. The number of nitrogens with zero attached hydrogens (tertiary/aromatic N) is 2. The second-order valence-corrected chi connectivity index (χ2v) is 6.74. The summed E-state index contributed by atoms with van der Waals surface area (Å²) in [5, 5.41) is 4.03. The summed E-state index contributed by atoms with van der Waals surface area (Å²) in [5.74, 6) is 1.34. The van der Waals surface area contributed by atoms with Crippen molar-refractivity contribution in [2.24, 2.45) is 5.10 Å². The van der Waals surface area contributed by atoms with E-state index in [1.165, 1.54) is 0 Å². The fourth-order valence-electron chi connectivity index (χ4n) is 2.89. The van der Waals surface area contributed by atoms with Crippen molar-refractivity contribution >= 4 is 12.1 Å². The van der Waals surface area contributed by atoms with Gasteiger partial charge in [0, 0.05) is 29.9 Å². The second-order valence-electron chi connectivity index (χ2n) is 6.74. The third kappa shape index (κ3) is 5.91. The molecule has 1 aromatic heterocycles. The first kappa shape index (κ1) is 21.0. The van der Waals surface area contributed by atoms with Crippen LogP contribution < -0.4 is 14.9 Å². The predicted octanol–water partition coefficient (Wildman–Crippen LogP) is 4.31. The van der Waals surface area contributed by atoms with Gasteiger partial charge < -0.3 is 9.47 Å². The van der Waals surface area contributed by atoms with Crippen molar-refractivity contribution in [3.63, 3.8) is 0 Å². The number of aromatic nitrogens is 1. The van der Waals surface area contributed by atoms with Crippen molar-refractivity contribution in [1.82, 2.24) is 10.4 Å². The number of rotatable bonds is 9. The third-order valence-electron chi connectivity index (χ3n) is 4.43. The zero-order valence-corrected chi connectivity index (χ0v) is 17.2. The van der Waals surface area contributed by atoms with Gasteiger partial charge in [-0.3, -0.25) is 9.78 Å². The van der Waals surface area contributed by atoms with Crippen LogP contribution in [0.15, 0.2) is 72.1 Å². The van der Waals surface area contributed by atoms with Crippen LogP contribution in [0.4, 0.5) is 0 Å². The lowest BCUT2D eigenvalue weighted by Crippen LogP contribution is -2.17. The maximum Gasteiger partial charge on any atom is 0.271 e. The lowest BCUT2D eigenvalue weighted by atomic mass is 10.1. The molecule has 0 saturated carbocycles. The molecular weight excluding hydrogens is 378 g/mol. The topological polar surface area (TPSA) is 72.8 Å². The number of carbonyl (C=O) groups is 1. The van der Waals surface area contributed by atoms with E-state index in [0.717, 1.165) is 28.9 Å². The van der Waals surface area contributed by atoms with Crippen LogP contribution in [0, 0.1) is 13.8 Å². The first-order valence-electron chi connectivity index (χ1n) is 9.79. The van der Waals surface area contributed by atoms with Crippen LogP contribution >= 0.6 is 0 Å². The van der Waals surface area contributed by atoms with Crippen LogP contribution in [0.1, 0.15) is 33.5 Å². The van der Waals surface area contributed by atoms with Crippen molar-refractivity contribution in [3.8, 4) is 11.5 Å². The molecule has 3 rings (SSSR count). The molecule has 0 atom stereocenters. The minimum absolute atomic E-state index is 0.296. The number of aryl methyl sites for hydroxylation is 2. The van der Waals surface area contributed by atoms with Crippen LogP contribution in [-0.4, -0.2) is 30.3 Å². The van der Waals surface area contributed by atoms with Gasteiger partial charge in [0.2, 0.25) is 0 Å². The Balaban J connectivity index is 1.48. The highest BCUT2D eigenvalue weighted by molar-refractivity contribution is 5.94. The standard InChI is InChI=1S/C24H25N3O3/c1-18-7-5-8-19(2)23(18)30-16-6-15-29-22-10-4-3-9-21(22)17-26-27-24(28)20-11-13-25-14-12-20/h3-5,7-14,17H,6,15-16H2,1-2H3,(H,27,28)/b26-17-. The Hall–Kier alpha value is -3.67. The highest BCUT2D eigenvalue weighted by Crippen LogP contribution is 2.22. The van der Waals surface area contributed by atoms with Gasteiger partial charge in [-0.15, -0.1) is 0 Å². The quantitative estimate of drug-likeness (QED) is 0.328. The number of nitrogens with one attached hydrogen (secondary N) is 1. The number of hydrogen-bond donors (Lipinski definition) is 1. The van der Waals surface area contributed by atoms with Crippen molar-refractivity contribution in [2.75, 3.05) is 13.2 Å². The first-order valence-corrected chi connectivity index (χ1v) is 9.79. The number of carbonyl (C=O) groups excluding carboxylic acids is 1. The van der Waals surface area contributed by atoms with Crippen molar-refractivity contribution in [1.29, 1.82) is 0 Å². The molecule has 1 heterocycles. The molecule has 0 fully saturated rings. The number of pyridine rings is 1. The van der Waals surface area contributed by atoms with Crippen molar-refractivity contribution in [2.45, 2.75) is 20.3 Å². The first-order chi connectivity index (χ1) is 14.6. The summed E-state index contributed by atoms with van der Waals surface area (Å²) in [6.07, 6.45) is 5.44. The van der Waals surface area contributed by atoms with E-state index in [-0.39, 0.29) is 5.91 Å². The Morgan fingerprint density at radius 2 is 1.67 bits per heavy atom. The summed E-state index contributed by atoms with van der Waals surface area (Å²) in [6.45, 7) is 5.17. The number of hydrogen-bond acceptors (Lipinski definition) is 5. The molecule has 0 radical (unpaired) electrons. The molecule has 1 N–H and O–H groups in total. The fraction of sp³-hybridized carbons (Fsp3) is 0.208. The molecule has 0 aliphatic heterocycles. The van der Waals surface area contributed by atoms with Crippen LogP contribution in [-0.2, 0) is 0 Å². The molecule has 0 saturated heterocycles. The van der Waals surface area contributed by atoms with Gasteiger partial charge in [-0.1, -0.05) is 30.3 Å². The van der Waals surface area contributed by atoms with E-state index in [4.69, 9.17) is 9.47 Å². The number of benzene rings is 2. The summed E-state index contributed by atoms with van der Waals surface area (Å²) in [7, 11) is 0. The Kier molecular flexibility index (Phi) is 7.55. The van der Waals surface area contributed by atoms with Gasteiger partial charge in [-0.2, -0.15) is 5.10 Å². The van der Waals surface area contributed by atoms with Gasteiger partial charge >= 0.3 is 0 Å². The number of amides is 1. The maximum atomic E-state index is 12.0. The summed E-state index contributed by atoms with van der Waals surface area (Å²) >= 11 is 0. The zero-order chi connectivity index (χ0) is 21.2. The molecule has 0 bridgehead atoms. The van der Waals surface area contributed by atoms with E-state index in [0.29, 0.717) is 24.5 Å². The Labute approximate surface area is 176 Å². The molecular formula is C24H25N3O3. The normalized spacial score (nSPS) is 10.7. The molecule has 2 aromatic carbocycles. The van der Waals surface area contributed by atoms with Gasteiger partial charge in [0.05, 0.1) is 19.4 Å². The van der Waals surface area contributed by atoms with Crippen LogP contribution in [0.25, 0.3) is 0 Å². The van der Waals surface area contributed by atoms with E-state index in [1.54, 1.807) is 30.7 Å². The van der Waals surface area contributed by atoms with Crippen LogP contribution in [0.2, 0.25) is 0 Å². The minimum Gasteiger partial charge on any atom is -0.493 e. The fourth-order valence-corrected chi connectivity index (χ4v) is 2.89. The average Bonchev–Trinajstić information content (AvgIpc) is 2.77. The molecule has 30 heavy (non-hydrogen) atoms.